The summed E-state index contributed by atoms with van der Waals surface area (Å²) < 4.78 is 0. The van der Waals surface area contributed by atoms with Crippen LogP contribution in [0.2, 0.25) is 0 Å². The molecule has 4 heteroatoms. The van der Waals surface area contributed by atoms with E-state index in [0.29, 0.717) is 6.42 Å². The third-order valence-electron chi connectivity index (χ3n) is 3.45. The molecule has 0 aromatic heterocycles. The highest BCUT2D eigenvalue weighted by Crippen LogP contribution is 2.30. The second-order valence-corrected chi connectivity index (χ2v) is 5.02. The Hall–Kier alpha value is -0.610. The van der Waals surface area contributed by atoms with Crippen LogP contribution in [0.5, 0.6) is 0 Å². The molecule has 4 nitrogen and oxygen atoms in total. The second-order valence-electron chi connectivity index (χ2n) is 5.02. The number of nitrogens with two attached hydrogens (primary N) is 1. The van der Waals surface area contributed by atoms with E-state index in [1.54, 1.807) is 0 Å². The number of rotatable bonds is 6. The van der Waals surface area contributed by atoms with Crippen molar-refractivity contribution in [3.63, 3.8) is 0 Å². The van der Waals surface area contributed by atoms with Gasteiger partial charge in [0.05, 0.1) is 0 Å². The van der Waals surface area contributed by atoms with Gasteiger partial charge in [0, 0.05) is 25.6 Å². The van der Waals surface area contributed by atoms with Gasteiger partial charge < -0.3 is 16.0 Å². The third-order valence-corrected chi connectivity index (χ3v) is 3.45. The minimum Gasteiger partial charge on any atom is -0.346 e. The molecule has 1 aliphatic rings. The average molecular weight is 227 g/mol. The van der Waals surface area contributed by atoms with Gasteiger partial charge >= 0.3 is 0 Å². The molecule has 3 N–H and O–H groups in total. The molecule has 0 saturated heterocycles. The van der Waals surface area contributed by atoms with E-state index in [1.165, 1.54) is 12.8 Å². The Bertz CT molecular complexity index is 224. The van der Waals surface area contributed by atoms with Gasteiger partial charge in [-0.2, -0.15) is 0 Å². The van der Waals surface area contributed by atoms with Crippen molar-refractivity contribution >= 4 is 5.91 Å². The van der Waals surface area contributed by atoms with E-state index in [2.05, 4.69) is 5.32 Å². The lowest BCUT2D eigenvalue weighted by atomic mass is 9.94. The van der Waals surface area contributed by atoms with Crippen molar-refractivity contribution in [1.82, 2.24) is 10.2 Å². The number of hydrogen-bond donors (Lipinski definition) is 2. The lowest BCUT2D eigenvalue weighted by Gasteiger charge is -2.26. The van der Waals surface area contributed by atoms with Gasteiger partial charge in [-0.3, -0.25) is 4.79 Å². The second kappa shape index (κ2) is 6.21. The molecule has 1 rings (SSSR count). The van der Waals surface area contributed by atoms with E-state index >= 15 is 0 Å². The fraction of sp³-hybridized carbons (Fsp3) is 0.917. The van der Waals surface area contributed by atoms with Crippen LogP contribution in [0.15, 0.2) is 0 Å². The van der Waals surface area contributed by atoms with Crippen LogP contribution in [-0.2, 0) is 4.79 Å². The molecule has 0 aliphatic heterocycles. The Morgan fingerprint density at radius 1 is 1.44 bits per heavy atom. The Morgan fingerprint density at radius 3 is 2.62 bits per heavy atom. The first-order valence-electron chi connectivity index (χ1n) is 6.25. The average Bonchev–Trinajstić information content (AvgIpc) is 2.65. The molecule has 0 heterocycles. The van der Waals surface area contributed by atoms with E-state index in [1.807, 2.05) is 19.0 Å². The summed E-state index contributed by atoms with van der Waals surface area (Å²) in [5.41, 5.74) is 5.98. The summed E-state index contributed by atoms with van der Waals surface area (Å²) in [6.45, 7) is 1.77. The van der Waals surface area contributed by atoms with Crippen molar-refractivity contribution in [2.24, 2.45) is 5.73 Å². The number of hydrogen-bond acceptors (Lipinski definition) is 3. The maximum Gasteiger partial charge on any atom is 0.224 e. The fourth-order valence-corrected chi connectivity index (χ4v) is 2.31. The quantitative estimate of drug-likeness (QED) is 0.657. The Kier molecular flexibility index (Phi) is 5.22. The first-order valence-corrected chi connectivity index (χ1v) is 6.25. The summed E-state index contributed by atoms with van der Waals surface area (Å²) in [6.07, 6.45) is 5.87. The van der Waals surface area contributed by atoms with Crippen molar-refractivity contribution < 1.29 is 4.79 Å². The summed E-state index contributed by atoms with van der Waals surface area (Å²) in [6, 6.07) is 0. The smallest absolute Gasteiger partial charge is 0.224 e. The zero-order valence-electron chi connectivity index (χ0n) is 10.6. The summed E-state index contributed by atoms with van der Waals surface area (Å²) >= 11 is 0. The lowest BCUT2D eigenvalue weighted by molar-refractivity contribution is -0.131. The minimum absolute atomic E-state index is 0.195. The molecule has 1 amide bonds. The SMILES string of the molecule is CNCCCN(C)C(=O)CC1(N)CCCC1. The summed E-state index contributed by atoms with van der Waals surface area (Å²) in [5, 5.41) is 3.08. The van der Waals surface area contributed by atoms with Crippen LogP contribution < -0.4 is 11.1 Å². The monoisotopic (exact) mass is 227 g/mol. The molecule has 0 radical (unpaired) electrons. The van der Waals surface area contributed by atoms with Crippen molar-refractivity contribution in [3.8, 4) is 0 Å². The summed E-state index contributed by atoms with van der Waals surface area (Å²) in [5.74, 6) is 0.195. The molecule has 94 valence electrons. The van der Waals surface area contributed by atoms with Crippen LogP contribution in [0.3, 0.4) is 0 Å². The molecule has 16 heavy (non-hydrogen) atoms. The van der Waals surface area contributed by atoms with Crippen LogP contribution in [0.4, 0.5) is 0 Å². The van der Waals surface area contributed by atoms with E-state index in [-0.39, 0.29) is 11.4 Å². The van der Waals surface area contributed by atoms with E-state index in [9.17, 15) is 4.79 Å². The maximum absolute atomic E-state index is 11.9. The Balaban J connectivity index is 2.27. The molecule has 0 spiro atoms. The molecule has 0 aromatic carbocycles. The normalized spacial score (nSPS) is 18.7. The lowest BCUT2D eigenvalue weighted by Crippen LogP contribution is -2.43. The van der Waals surface area contributed by atoms with Gasteiger partial charge in [-0.25, -0.2) is 0 Å². The summed E-state index contributed by atoms with van der Waals surface area (Å²) in [4.78, 5) is 13.7. The van der Waals surface area contributed by atoms with Crippen LogP contribution in [0.25, 0.3) is 0 Å². The van der Waals surface area contributed by atoms with E-state index in [0.717, 1.165) is 32.4 Å². The first kappa shape index (κ1) is 13.5. The highest BCUT2D eigenvalue weighted by Gasteiger charge is 2.32. The van der Waals surface area contributed by atoms with Gasteiger partial charge in [0.2, 0.25) is 5.91 Å². The van der Waals surface area contributed by atoms with Gasteiger partial charge in [-0.05, 0) is 32.9 Å². The van der Waals surface area contributed by atoms with Gasteiger partial charge in [-0.1, -0.05) is 12.8 Å². The number of carbonyl (C=O) groups excluding carboxylic acids is 1. The van der Waals surface area contributed by atoms with Crippen LogP contribution in [0.1, 0.15) is 38.5 Å². The highest BCUT2D eigenvalue weighted by molar-refractivity contribution is 5.77. The molecule has 0 atom stereocenters. The highest BCUT2D eigenvalue weighted by atomic mass is 16.2. The minimum atomic E-state index is -0.214. The molecular weight excluding hydrogens is 202 g/mol. The van der Waals surface area contributed by atoms with Crippen LogP contribution >= 0.6 is 0 Å². The van der Waals surface area contributed by atoms with Crippen molar-refractivity contribution in [3.05, 3.63) is 0 Å². The van der Waals surface area contributed by atoms with E-state index < -0.39 is 0 Å². The summed E-state index contributed by atoms with van der Waals surface area (Å²) in [7, 11) is 3.80. The van der Waals surface area contributed by atoms with Crippen molar-refractivity contribution in [2.45, 2.75) is 44.1 Å². The predicted molar refractivity (Wildman–Crippen MR) is 66.2 cm³/mol. The Morgan fingerprint density at radius 2 is 2.06 bits per heavy atom. The Labute approximate surface area is 98.6 Å². The van der Waals surface area contributed by atoms with Gasteiger partial charge in [0.1, 0.15) is 0 Å². The van der Waals surface area contributed by atoms with Crippen LogP contribution in [0, 0.1) is 0 Å². The van der Waals surface area contributed by atoms with Gasteiger partial charge in [0.15, 0.2) is 0 Å². The molecule has 0 bridgehead atoms. The van der Waals surface area contributed by atoms with E-state index in [4.69, 9.17) is 5.73 Å². The van der Waals surface area contributed by atoms with Crippen LogP contribution in [-0.4, -0.2) is 43.5 Å². The number of carbonyl (C=O) groups is 1. The molecule has 1 saturated carbocycles. The largest absolute Gasteiger partial charge is 0.346 e. The molecule has 1 aliphatic carbocycles. The fourth-order valence-electron chi connectivity index (χ4n) is 2.31. The zero-order valence-corrected chi connectivity index (χ0v) is 10.6. The van der Waals surface area contributed by atoms with Gasteiger partial charge in [-0.15, -0.1) is 0 Å². The maximum atomic E-state index is 11.9. The molecule has 0 aromatic rings. The zero-order chi connectivity index (χ0) is 12.0. The topological polar surface area (TPSA) is 58.4 Å². The van der Waals surface area contributed by atoms with Gasteiger partial charge in [0.25, 0.3) is 0 Å². The third kappa shape index (κ3) is 4.10. The number of amides is 1. The predicted octanol–water partition coefficient (Wildman–Crippen LogP) is 0.716. The molecular formula is C12H25N3O. The number of nitrogens with one attached hydrogen (secondary N) is 1. The first-order chi connectivity index (χ1) is 7.57. The molecule has 0 unspecified atom stereocenters. The van der Waals surface area contributed by atoms with Crippen molar-refractivity contribution in [2.75, 3.05) is 27.2 Å². The van der Waals surface area contributed by atoms with Crippen molar-refractivity contribution in [1.29, 1.82) is 0 Å². The number of nitrogens with zero attached hydrogens (tertiary/aromatic N) is 1. The molecule has 1 fully saturated rings. The standard InChI is InChI=1S/C12H25N3O/c1-14-8-5-9-15(2)11(16)10-12(13)6-3-4-7-12/h14H,3-10,13H2,1-2H3.